The smallest absolute Gasteiger partial charge is 0.280 e. The van der Waals surface area contributed by atoms with Crippen molar-refractivity contribution < 1.29 is 19.1 Å². The number of rotatable bonds is 8. The van der Waals surface area contributed by atoms with Crippen LogP contribution in [-0.2, 0) is 16.1 Å². The van der Waals surface area contributed by atoms with Crippen molar-refractivity contribution >= 4 is 11.8 Å². The van der Waals surface area contributed by atoms with Crippen LogP contribution in [0, 0.1) is 5.92 Å². The van der Waals surface area contributed by atoms with Gasteiger partial charge in [0.1, 0.15) is 0 Å². The van der Waals surface area contributed by atoms with E-state index in [1.807, 2.05) is 0 Å². The Hall–Kier alpha value is -1.99. The van der Waals surface area contributed by atoms with Gasteiger partial charge in [-0.05, 0) is 24.0 Å². The number of carbonyl (C=O) groups excluding carboxylic acids is 2. The SMILES string of the molecule is COc1cc(COCCC(C)C)cnc1C(=O)NC(=O)CN. The zero-order valence-electron chi connectivity index (χ0n) is 13.2. The fourth-order valence-electron chi connectivity index (χ4n) is 1.64. The Morgan fingerprint density at radius 1 is 1.41 bits per heavy atom. The number of ether oxygens (including phenoxy) is 2. The van der Waals surface area contributed by atoms with E-state index in [2.05, 4.69) is 24.1 Å². The number of carbonyl (C=O) groups is 2. The predicted molar refractivity (Wildman–Crippen MR) is 81.4 cm³/mol. The predicted octanol–water partition coefficient (Wildman–Crippen LogP) is 0.868. The molecule has 2 amide bonds. The molecule has 0 aliphatic heterocycles. The fourth-order valence-corrected chi connectivity index (χ4v) is 1.64. The van der Waals surface area contributed by atoms with E-state index in [9.17, 15) is 9.59 Å². The Morgan fingerprint density at radius 2 is 2.14 bits per heavy atom. The summed E-state index contributed by atoms with van der Waals surface area (Å²) in [7, 11) is 1.43. The maximum Gasteiger partial charge on any atom is 0.280 e. The second-order valence-electron chi connectivity index (χ2n) is 5.21. The van der Waals surface area contributed by atoms with Crippen LogP contribution in [0.5, 0.6) is 5.75 Å². The monoisotopic (exact) mass is 309 g/mol. The molecule has 7 heteroatoms. The lowest BCUT2D eigenvalue weighted by atomic mass is 10.1. The third-order valence-electron chi connectivity index (χ3n) is 2.89. The van der Waals surface area contributed by atoms with Gasteiger partial charge < -0.3 is 15.2 Å². The summed E-state index contributed by atoms with van der Waals surface area (Å²) in [6, 6.07) is 1.67. The number of nitrogens with one attached hydrogen (secondary N) is 1. The second-order valence-corrected chi connectivity index (χ2v) is 5.21. The van der Waals surface area contributed by atoms with Gasteiger partial charge in [0.15, 0.2) is 11.4 Å². The van der Waals surface area contributed by atoms with Gasteiger partial charge in [-0.2, -0.15) is 0 Å². The van der Waals surface area contributed by atoms with E-state index in [0.29, 0.717) is 19.1 Å². The average Bonchev–Trinajstić information content (AvgIpc) is 2.50. The molecule has 0 saturated carbocycles. The lowest BCUT2D eigenvalue weighted by Gasteiger charge is -2.10. The van der Waals surface area contributed by atoms with Crippen molar-refractivity contribution in [1.82, 2.24) is 10.3 Å². The number of hydrogen-bond donors (Lipinski definition) is 2. The van der Waals surface area contributed by atoms with Gasteiger partial charge >= 0.3 is 0 Å². The maximum absolute atomic E-state index is 11.9. The Balaban J connectivity index is 2.70. The van der Waals surface area contributed by atoms with Crippen LogP contribution in [0.4, 0.5) is 0 Å². The number of nitrogens with two attached hydrogens (primary N) is 1. The minimum Gasteiger partial charge on any atom is -0.494 e. The van der Waals surface area contributed by atoms with Crippen molar-refractivity contribution in [1.29, 1.82) is 0 Å². The van der Waals surface area contributed by atoms with Gasteiger partial charge in [-0.3, -0.25) is 14.9 Å². The highest BCUT2D eigenvalue weighted by molar-refractivity contribution is 6.05. The molecule has 1 heterocycles. The summed E-state index contributed by atoms with van der Waals surface area (Å²) >= 11 is 0. The summed E-state index contributed by atoms with van der Waals surface area (Å²) in [5, 5.41) is 2.13. The van der Waals surface area contributed by atoms with Gasteiger partial charge in [0, 0.05) is 12.8 Å². The zero-order valence-corrected chi connectivity index (χ0v) is 13.2. The number of amides is 2. The normalized spacial score (nSPS) is 10.6. The van der Waals surface area contributed by atoms with Crippen molar-refractivity contribution in [3.05, 3.63) is 23.5 Å². The summed E-state index contributed by atoms with van der Waals surface area (Å²) in [4.78, 5) is 27.1. The van der Waals surface area contributed by atoms with Crippen LogP contribution in [0.3, 0.4) is 0 Å². The van der Waals surface area contributed by atoms with E-state index < -0.39 is 11.8 Å². The number of imide groups is 1. The average molecular weight is 309 g/mol. The molecule has 1 aromatic heterocycles. The first kappa shape index (κ1) is 18.1. The molecule has 0 aromatic carbocycles. The molecule has 122 valence electrons. The molecule has 22 heavy (non-hydrogen) atoms. The first-order valence-electron chi connectivity index (χ1n) is 7.12. The summed E-state index contributed by atoms with van der Waals surface area (Å²) in [5.74, 6) is -0.347. The highest BCUT2D eigenvalue weighted by atomic mass is 16.5. The van der Waals surface area contributed by atoms with E-state index in [0.717, 1.165) is 12.0 Å². The lowest BCUT2D eigenvalue weighted by molar-refractivity contribution is -0.118. The first-order chi connectivity index (χ1) is 10.5. The quantitative estimate of drug-likeness (QED) is 0.691. The van der Waals surface area contributed by atoms with Crippen molar-refractivity contribution in [2.24, 2.45) is 11.7 Å². The van der Waals surface area contributed by atoms with Crippen LogP contribution in [0.2, 0.25) is 0 Å². The van der Waals surface area contributed by atoms with Gasteiger partial charge in [0.05, 0.1) is 20.3 Å². The Bertz CT molecular complexity index is 518. The van der Waals surface area contributed by atoms with Gasteiger partial charge in [0.25, 0.3) is 5.91 Å². The van der Waals surface area contributed by atoms with E-state index >= 15 is 0 Å². The molecule has 0 spiro atoms. The number of nitrogens with zero attached hydrogens (tertiary/aromatic N) is 1. The molecule has 1 aromatic rings. The molecule has 1 rings (SSSR count). The van der Waals surface area contributed by atoms with Crippen molar-refractivity contribution in [2.45, 2.75) is 26.9 Å². The molecule has 0 unspecified atom stereocenters. The second kappa shape index (κ2) is 9.11. The van der Waals surface area contributed by atoms with Gasteiger partial charge in [-0.25, -0.2) is 4.98 Å². The van der Waals surface area contributed by atoms with Gasteiger partial charge in [-0.15, -0.1) is 0 Å². The van der Waals surface area contributed by atoms with Crippen LogP contribution in [-0.4, -0.2) is 37.1 Å². The van der Waals surface area contributed by atoms with Crippen LogP contribution in [0.1, 0.15) is 36.3 Å². The molecule has 0 atom stereocenters. The molecule has 7 nitrogen and oxygen atoms in total. The van der Waals surface area contributed by atoms with Crippen LogP contribution < -0.4 is 15.8 Å². The largest absolute Gasteiger partial charge is 0.494 e. The zero-order chi connectivity index (χ0) is 16.5. The molecular weight excluding hydrogens is 286 g/mol. The minimum absolute atomic E-state index is 0.0373. The topological polar surface area (TPSA) is 104 Å². The number of methoxy groups -OCH3 is 1. The van der Waals surface area contributed by atoms with Gasteiger partial charge in [-0.1, -0.05) is 13.8 Å². The molecule has 0 radical (unpaired) electrons. The Labute approximate surface area is 130 Å². The van der Waals surface area contributed by atoms with Crippen molar-refractivity contribution in [2.75, 3.05) is 20.3 Å². The standard InChI is InChI=1S/C15H23N3O4/c1-10(2)4-5-22-9-11-6-12(21-3)14(17-8-11)15(20)18-13(19)7-16/h6,8,10H,4-5,7,9,16H2,1-3H3,(H,18,19,20). The fraction of sp³-hybridized carbons (Fsp3) is 0.533. The summed E-state index contributed by atoms with van der Waals surface area (Å²) in [6.07, 6.45) is 2.51. The summed E-state index contributed by atoms with van der Waals surface area (Å²) in [6.45, 7) is 5.04. The van der Waals surface area contributed by atoms with Crippen molar-refractivity contribution in [3.8, 4) is 5.75 Å². The van der Waals surface area contributed by atoms with Gasteiger partial charge in [0.2, 0.25) is 5.91 Å². The molecule has 0 aliphatic carbocycles. The Morgan fingerprint density at radius 3 is 2.73 bits per heavy atom. The molecule has 0 bridgehead atoms. The maximum atomic E-state index is 11.9. The molecule has 0 aliphatic rings. The third kappa shape index (κ3) is 5.79. The number of aromatic nitrogens is 1. The van der Waals surface area contributed by atoms with E-state index in [1.165, 1.54) is 13.3 Å². The molecular formula is C15H23N3O4. The van der Waals surface area contributed by atoms with E-state index in [-0.39, 0.29) is 18.0 Å². The van der Waals surface area contributed by atoms with E-state index in [1.54, 1.807) is 6.07 Å². The van der Waals surface area contributed by atoms with Crippen LogP contribution >= 0.6 is 0 Å². The van der Waals surface area contributed by atoms with Crippen LogP contribution in [0.15, 0.2) is 12.3 Å². The van der Waals surface area contributed by atoms with Crippen molar-refractivity contribution in [3.63, 3.8) is 0 Å². The minimum atomic E-state index is -0.639. The Kier molecular flexibility index (Phi) is 7.48. The molecule has 3 N–H and O–H groups in total. The molecule has 0 saturated heterocycles. The first-order valence-corrected chi connectivity index (χ1v) is 7.12. The summed E-state index contributed by atoms with van der Waals surface area (Å²) in [5.41, 5.74) is 5.98. The molecule has 0 fully saturated rings. The lowest BCUT2D eigenvalue weighted by Crippen LogP contribution is -2.36. The number of hydrogen-bond acceptors (Lipinski definition) is 6. The third-order valence-corrected chi connectivity index (χ3v) is 2.89. The number of pyridine rings is 1. The highest BCUT2D eigenvalue weighted by Crippen LogP contribution is 2.18. The summed E-state index contributed by atoms with van der Waals surface area (Å²) < 4.78 is 10.7. The van der Waals surface area contributed by atoms with Crippen LogP contribution in [0.25, 0.3) is 0 Å². The van der Waals surface area contributed by atoms with E-state index in [4.69, 9.17) is 15.2 Å². The highest BCUT2D eigenvalue weighted by Gasteiger charge is 2.16.